The highest BCUT2D eigenvalue weighted by atomic mass is 19.4. The zero-order chi connectivity index (χ0) is 20.7. The number of alkyl halides is 3. The van der Waals surface area contributed by atoms with Crippen molar-refractivity contribution in [3.63, 3.8) is 0 Å². The molecule has 0 nitrogen and oxygen atoms in total. The van der Waals surface area contributed by atoms with E-state index < -0.39 is 11.7 Å². The summed E-state index contributed by atoms with van der Waals surface area (Å²) in [6.45, 7) is 2.31. The first-order chi connectivity index (χ1) is 14.0. The summed E-state index contributed by atoms with van der Waals surface area (Å²) in [5.41, 5.74) is 0.269. The molecule has 1 aromatic carbocycles. The summed E-state index contributed by atoms with van der Waals surface area (Å²) in [6.07, 6.45) is 16.3. The molecule has 0 unspecified atom stereocenters. The lowest BCUT2D eigenvalue weighted by Crippen LogP contribution is -2.25. The Kier molecular flexibility index (Phi) is 8.26. The molecule has 2 aliphatic carbocycles. The Bertz CT molecular complexity index is 612. The second kappa shape index (κ2) is 10.7. The van der Waals surface area contributed by atoms with E-state index in [-0.39, 0.29) is 0 Å². The SMILES string of the molecule is CCCC1CCC(C2CCC(CCC=Cc3ccc(C(F)(F)F)cc3)CC2)CC1. The summed E-state index contributed by atoms with van der Waals surface area (Å²) in [5, 5.41) is 0. The van der Waals surface area contributed by atoms with Gasteiger partial charge in [-0.05, 0) is 79.9 Å². The van der Waals surface area contributed by atoms with Gasteiger partial charge in [-0.1, -0.05) is 69.7 Å². The Balaban J connectivity index is 1.33. The molecule has 2 saturated carbocycles. The van der Waals surface area contributed by atoms with Crippen LogP contribution in [0.15, 0.2) is 30.3 Å². The van der Waals surface area contributed by atoms with E-state index in [1.165, 1.54) is 70.6 Å². The molecule has 0 bridgehead atoms. The van der Waals surface area contributed by atoms with Crippen molar-refractivity contribution in [2.45, 2.75) is 90.1 Å². The van der Waals surface area contributed by atoms with Crippen LogP contribution in [0, 0.1) is 23.7 Å². The van der Waals surface area contributed by atoms with Crippen LogP contribution in [0.3, 0.4) is 0 Å². The van der Waals surface area contributed by atoms with Gasteiger partial charge in [-0.3, -0.25) is 0 Å². The fourth-order valence-corrected chi connectivity index (χ4v) is 5.64. The van der Waals surface area contributed by atoms with Crippen LogP contribution in [0.5, 0.6) is 0 Å². The molecule has 0 radical (unpaired) electrons. The molecule has 0 aromatic heterocycles. The topological polar surface area (TPSA) is 0 Å². The van der Waals surface area contributed by atoms with Gasteiger partial charge in [0.25, 0.3) is 0 Å². The molecular formula is C26H37F3. The smallest absolute Gasteiger partial charge is 0.166 e. The van der Waals surface area contributed by atoms with Gasteiger partial charge in [-0.2, -0.15) is 13.2 Å². The second-order valence-corrected chi connectivity index (χ2v) is 9.45. The van der Waals surface area contributed by atoms with Gasteiger partial charge in [0, 0.05) is 0 Å². The molecule has 2 fully saturated rings. The van der Waals surface area contributed by atoms with Gasteiger partial charge in [-0.15, -0.1) is 0 Å². The van der Waals surface area contributed by atoms with Crippen LogP contribution < -0.4 is 0 Å². The van der Waals surface area contributed by atoms with Crippen LogP contribution in [-0.2, 0) is 6.18 Å². The van der Waals surface area contributed by atoms with E-state index in [1.807, 2.05) is 6.08 Å². The monoisotopic (exact) mass is 406 g/mol. The molecule has 0 heterocycles. The molecule has 2 aliphatic rings. The van der Waals surface area contributed by atoms with Crippen LogP contribution in [0.25, 0.3) is 6.08 Å². The quantitative estimate of drug-likeness (QED) is 0.424. The van der Waals surface area contributed by atoms with E-state index >= 15 is 0 Å². The molecule has 0 spiro atoms. The number of benzene rings is 1. The van der Waals surface area contributed by atoms with E-state index in [0.29, 0.717) is 0 Å². The zero-order valence-electron chi connectivity index (χ0n) is 17.9. The van der Waals surface area contributed by atoms with Crippen molar-refractivity contribution in [2.75, 3.05) is 0 Å². The predicted octanol–water partition coefficient (Wildman–Crippen LogP) is 8.91. The standard InChI is InChI=1S/C26H37F3/c1-2-5-20-8-14-23(15-9-20)24-16-10-21(11-17-24)6-3-4-7-22-12-18-25(19-13-22)26(27,28)29/h4,7,12-13,18-21,23-24H,2-3,5-6,8-11,14-17H2,1H3. The molecule has 0 atom stereocenters. The minimum absolute atomic E-state index is 0.578. The van der Waals surface area contributed by atoms with E-state index in [9.17, 15) is 13.2 Å². The maximum Gasteiger partial charge on any atom is 0.416 e. The summed E-state index contributed by atoms with van der Waals surface area (Å²) in [6, 6.07) is 5.44. The van der Waals surface area contributed by atoms with Crippen molar-refractivity contribution in [3.8, 4) is 0 Å². The molecular weight excluding hydrogens is 369 g/mol. The molecule has 0 amide bonds. The van der Waals surface area contributed by atoms with E-state index in [2.05, 4.69) is 13.0 Å². The average molecular weight is 407 g/mol. The maximum absolute atomic E-state index is 12.6. The van der Waals surface area contributed by atoms with Crippen molar-refractivity contribution >= 4 is 6.08 Å². The normalized spacial score (nSPS) is 28.7. The third kappa shape index (κ3) is 6.89. The number of hydrogen-bond donors (Lipinski definition) is 0. The van der Waals surface area contributed by atoms with Gasteiger partial charge in [0.2, 0.25) is 0 Å². The van der Waals surface area contributed by atoms with Gasteiger partial charge >= 0.3 is 6.18 Å². The molecule has 1 aromatic rings. The molecule has 162 valence electrons. The number of allylic oxidation sites excluding steroid dienone is 1. The second-order valence-electron chi connectivity index (χ2n) is 9.45. The van der Waals surface area contributed by atoms with Crippen LogP contribution in [0.1, 0.15) is 95.1 Å². The van der Waals surface area contributed by atoms with Crippen molar-refractivity contribution in [3.05, 3.63) is 41.5 Å². The van der Waals surface area contributed by atoms with E-state index in [4.69, 9.17) is 0 Å². The molecule has 0 saturated heterocycles. The van der Waals surface area contributed by atoms with Crippen molar-refractivity contribution in [1.29, 1.82) is 0 Å². The Labute approximate surface area is 175 Å². The van der Waals surface area contributed by atoms with Crippen LogP contribution in [0.2, 0.25) is 0 Å². The first-order valence-corrected chi connectivity index (χ1v) is 11.8. The molecule has 0 aliphatic heterocycles. The van der Waals surface area contributed by atoms with Gasteiger partial charge in [0.15, 0.2) is 0 Å². The Morgan fingerprint density at radius 1 is 0.793 bits per heavy atom. The van der Waals surface area contributed by atoms with Gasteiger partial charge < -0.3 is 0 Å². The Morgan fingerprint density at radius 2 is 1.31 bits per heavy atom. The van der Waals surface area contributed by atoms with Crippen molar-refractivity contribution in [1.82, 2.24) is 0 Å². The van der Waals surface area contributed by atoms with Crippen molar-refractivity contribution in [2.24, 2.45) is 23.7 Å². The first-order valence-electron chi connectivity index (χ1n) is 11.8. The third-order valence-corrected chi connectivity index (χ3v) is 7.44. The highest BCUT2D eigenvalue weighted by molar-refractivity contribution is 5.49. The lowest BCUT2D eigenvalue weighted by atomic mass is 9.68. The summed E-state index contributed by atoms with van der Waals surface area (Å²) >= 11 is 0. The zero-order valence-corrected chi connectivity index (χ0v) is 17.9. The van der Waals surface area contributed by atoms with Crippen LogP contribution >= 0.6 is 0 Å². The van der Waals surface area contributed by atoms with Crippen molar-refractivity contribution < 1.29 is 13.2 Å². The average Bonchev–Trinajstić information content (AvgIpc) is 2.72. The highest BCUT2D eigenvalue weighted by Gasteiger charge is 2.31. The highest BCUT2D eigenvalue weighted by Crippen LogP contribution is 2.43. The minimum Gasteiger partial charge on any atom is -0.166 e. The summed E-state index contributed by atoms with van der Waals surface area (Å²) in [4.78, 5) is 0. The molecule has 3 heteroatoms. The minimum atomic E-state index is -4.25. The number of halogens is 3. The molecule has 3 rings (SSSR count). The number of rotatable bonds is 7. The lowest BCUT2D eigenvalue weighted by Gasteiger charge is -2.38. The summed E-state index contributed by atoms with van der Waals surface area (Å²) in [5.74, 6) is 3.80. The van der Waals surface area contributed by atoms with Crippen LogP contribution in [-0.4, -0.2) is 0 Å². The largest absolute Gasteiger partial charge is 0.416 e. The van der Waals surface area contributed by atoms with E-state index in [1.54, 1.807) is 12.1 Å². The fraction of sp³-hybridized carbons (Fsp3) is 0.692. The van der Waals surface area contributed by atoms with Gasteiger partial charge in [0.05, 0.1) is 5.56 Å². The molecule has 0 N–H and O–H groups in total. The Morgan fingerprint density at radius 3 is 1.79 bits per heavy atom. The fourth-order valence-electron chi connectivity index (χ4n) is 5.64. The summed E-state index contributed by atoms with van der Waals surface area (Å²) in [7, 11) is 0. The molecule has 29 heavy (non-hydrogen) atoms. The van der Waals surface area contributed by atoms with Crippen LogP contribution in [0.4, 0.5) is 13.2 Å². The lowest BCUT2D eigenvalue weighted by molar-refractivity contribution is -0.137. The maximum atomic E-state index is 12.6. The van der Waals surface area contributed by atoms with Gasteiger partial charge in [-0.25, -0.2) is 0 Å². The number of hydrogen-bond acceptors (Lipinski definition) is 0. The van der Waals surface area contributed by atoms with E-state index in [0.717, 1.165) is 47.8 Å². The summed E-state index contributed by atoms with van der Waals surface area (Å²) < 4.78 is 37.8. The third-order valence-electron chi connectivity index (χ3n) is 7.44. The van der Waals surface area contributed by atoms with Gasteiger partial charge in [0.1, 0.15) is 0 Å². The first kappa shape index (κ1) is 22.4. The predicted molar refractivity (Wildman–Crippen MR) is 116 cm³/mol. The Hall–Kier alpha value is -1.25.